The van der Waals surface area contributed by atoms with E-state index in [1.165, 1.54) is 25.7 Å². The third-order valence-electron chi connectivity index (χ3n) is 4.87. The highest BCUT2D eigenvalue weighted by molar-refractivity contribution is 5.79. The fraction of sp³-hybridized carbons (Fsp3) is 0.933. The first kappa shape index (κ1) is 13.9. The SMILES string of the molecule is CC1CCCCCN1C(=O)C1CCC(CN)CC1. The van der Waals surface area contributed by atoms with Crippen molar-refractivity contribution in [3.63, 3.8) is 0 Å². The van der Waals surface area contributed by atoms with Crippen molar-refractivity contribution in [2.24, 2.45) is 17.6 Å². The van der Waals surface area contributed by atoms with Crippen molar-refractivity contribution in [3.05, 3.63) is 0 Å². The lowest BCUT2D eigenvalue weighted by molar-refractivity contribution is -0.138. The van der Waals surface area contributed by atoms with E-state index in [9.17, 15) is 4.79 Å². The van der Waals surface area contributed by atoms with Gasteiger partial charge in [-0.05, 0) is 57.9 Å². The van der Waals surface area contributed by atoms with Crippen LogP contribution in [0.15, 0.2) is 0 Å². The lowest BCUT2D eigenvalue weighted by atomic mass is 9.81. The van der Waals surface area contributed by atoms with Gasteiger partial charge >= 0.3 is 0 Å². The van der Waals surface area contributed by atoms with E-state index in [2.05, 4.69) is 11.8 Å². The minimum absolute atomic E-state index is 0.286. The average Bonchev–Trinajstić information content (AvgIpc) is 2.63. The third-order valence-corrected chi connectivity index (χ3v) is 4.87. The van der Waals surface area contributed by atoms with Crippen LogP contribution in [0, 0.1) is 11.8 Å². The molecule has 0 radical (unpaired) electrons. The number of nitrogens with zero attached hydrogens (tertiary/aromatic N) is 1. The van der Waals surface area contributed by atoms with Crippen LogP contribution in [0.25, 0.3) is 0 Å². The highest BCUT2D eigenvalue weighted by atomic mass is 16.2. The van der Waals surface area contributed by atoms with E-state index in [1.807, 2.05) is 0 Å². The molecule has 1 saturated heterocycles. The van der Waals surface area contributed by atoms with E-state index < -0.39 is 0 Å². The molecule has 1 atom stereocenters. The fourth-order valence-corrected chi connectivity index (χ4v) is 3.48. The minimum Gasteiger partial charge on any atom is -0.340 e. The molecule has 0 aromatic carbocycles. The highest BCUT2D eigenvalue weighted by Gasteiger charge is 2.31. The van der Waals surface area contributed by atoms with Gasteiger partial charge in [-0.3, -0.25) is 4.79 Å². The van der Waals surface area contributed by atoms with Crippen molar-refractivity contribution in [2.45, 2.75) is 64.3 Å². The lowest BCUT2D eigenvalue weighted by Crippen LogP contribution is -2.43. The summed E-state index contributed by atoms with van der Waals surface area (Å²) >= 11 is 0. The molecule has 1 aliphatic carbocycles. The molecule has 3 nitrogen and oxygen atoms in total. The van der Waals surface area contributed by atoms with Gasteiger partial charge in [-0.25, -0.2) is 0 Å². The predicted molar refractivity (Wildman–Crippen MR) is 74.1 cm³/mol. The van der Waals surface area contributed by atoms with Gasteiger partial charge in [0, 0.05) is 18.5 Å². The molecule has 1 saturated carbocycles. The van der Waals surface area contributed by atoms with Crippen molar-refractivity contribution >= 4 is 5.91 Å². The Morgan fingerprint density at radius 1 is 1.11 bits per heavy atom. The van der Waals surface area contributed by atoms with Crippen LogP contribution < -0.4 is 5.73 Å². The molecule has 1 unspecified atom stereocenters. The maximum Gasteiger partial charge on any atom is 0.225 e. The molecular formula is C15H28N2O. The molecule has 1 amide bonds. The number of hydrogen-bond donors (Lipinski definition) is 1. The molecule has 1 aliphatic heterocycles. The maximum atomic E-state index is 12.6. The van der Waals surface area contributed by atoms with Crippen LogP contribution in [0.2, 0.25) is 0 Å². The maximum absolute atomic E-state index is 12.6. The number of amides is 1. The molecule has 0 bridgehead atoms. The Hall–Kier alpha value is -0.570. The van der Waals surface area contributed by atoms with Gasteiger partial charge < -0.3 is 10.6 Å². The number of nitrogens with two attached hydrogens (primary N) is 1. The molecule has 0 aromatic heterocycles. The van der Waals surface area contributed by atoms with Crippen LogP contribution in [-0.2, 0) is 4.79 Å². The molecule has 18 heavy (non-hydrogen) atoms. The first-order valence-electron chi connectivity index (χ1n) is 7.73. The van der Waals surface area contributed by atoms with Crippen molar-refractivity contribution in [2.75, 3.05) is 13.1 Å². The molecule has 0 spiro atoms. The molecule has 0 aromatic rings. The van der Waals surface area contributed by atoms with Crippen LogP contribution in [0.5, 0.6) is 0 Å². The summed E-state index contributed by atoms with van der Waals surface area (Å²) < 4.78 is 0. The lowest BCUT2D eigenvalue weighted by Gasteiger charge is -2.34. The first-order chi connectivity index (χ1) is 8.72. The monoisotopic (exact) mass is 252 g/mol. The second-order valence-electron chi connectivity index (χ2n) is 6.18. The zero-order valence-corrected chi connectivity index (χ0v) is 11.7. The van der Waals surface area contributed by atoms with Gasteiger partial charge in [0.2, 0.25) is 5.91 Å². The van der Waals surface area contributed by atoms with E-state index in [-0.39, 0.29) is 5.92 Å². The Bertz CT molecular complexity index is 272. The first-order valence-corrected chi connectivity index (χ1v) is 7.73. The van der Waals surface area contributed by atoms with Crippen molar-refractivity contribution in [1.82, 2.24) is 4.90 Å². The molecule has 3 heteroatoms. The Morgan fingerprint density at radius 2 is 1.83 bits per heavy atom. The second-order valence-corrected chi connectivity index (χ2v) is 6.18. The van der Waals surface area contributed by atoms with Crippen molar-refractivity contribution in [1.29, 1.82) is 0 Å². The summed E-state index contributed by atoms with van der Waals surface area (Å²) in [5.41, 5.74) is 5.71. The summed E-state index contributed by atoms with van der Waals surface area (Å²) in [7, 11) is 0. The highest BCUT2D eigenvalue weighted by Crippen LogP contribution is 2.30. The Balaban J connectivity index is 1.90. The summed E-state index contributed by atoms with van der Waals surface area (Å²) in [6.07, 6.45) is 9.36. The standard InChI is InChI=1S/C15H28N2O/c1-12-5-3-2-4-10-17(12)15(18)14-8-6-13(11-16)7-9-14/h12-14H,2-11,16H2,1H3. The Morgan fingerprint density at radius 3 is 2.50 bits per heavy atom. The molecule has 104 valence electrons. The average molecular weight is 252 g/mol. The summed E-state index contributed by atoms with van der Waals surface area (Å²) in [6.45, 7) is 3.99. The second kappa shape index (κ2) is 6.55. The third kappa shape index (κ3) is 3.25. The zero-order chi connectivity index (χ0) is 13.0. The van der Waals surface area contributed by atoms with E-state index >= 15 is 0 Å². The molecule has 2 aliphatic rings. The summed E-state index contributed by atoms with van der Waals surface area (Å²) in [5, 5.41) is 0. The normalized spacial score (nSPS) is 34.1. The Labute approximate surface area is 111 Å². The van der Waals surface area contributed by atoms with Crippen LogP contribution in [-0.4, -0.2) is 29.9 Å². The van der Waals surface area contributed by atoms with Gasteiger partial charge in [-0.1, -0.05) is 12.8 Å². The Kier molecular flexibility index (Phi) is 5.04. The molecular weight excluding hydrogens is 224 g/mol. The predicted octanol–water partition coefficient (Wildman–Crippen LogP) is 2.54. The van der Waals surface area contributed by atoms with Gasteiger partial charge in [-0.2, -0.15) is 0 Å². The van der Waals surface area contributed by atoms with Gasteiger partial charge in [0.1, 0.15) is 0 Å². The molecule has 1 heterocycles. The smallest absolute Gasteiger partial charge is 0.225 e. The zero-order valence-electron chi connectivity index (χ0n) is 11.7. The summed E-state index contributed by atoms with van der Waals surface area (Å²) in [4.78, 5) is 14.8. The largest absolute Gasteiger partial charge is 0.340 e. The van der Waals surface area contributed by atoms with Crippen LogP contribution in [0.4, 0.5) is 0 Å². The van der Waals surface area contributed by atoms with Crippen LogP contribution in [0.3, 0.4) is 0 Å². The topological polar surface area (TPSA) is 46.3 Å². The van der Waals surface area contributed by atoms with E-state index in [1.54, 1.807) is 0 Å². The molecule has 2 rings (SSSR count). The van der Waals surface area contributed by atoms with Gasteiger partial charge in [-0.15, -0.1) is 0 Å². The van der Waals surface area contributed by atoms with E-state index in [0.717, 1.165) is 38.8 Å². The van der Waals surface area contributed by atoms with Crippen molar-refractivity contribution in [3.8, 4) is 0 Å². The molecule has 2 fully saturated rings. The van der Waals surface area contributed by atoms with Gasteiger partial charge in [0.05, 0.1) is 0 Å². The quantitative estimate of drug-likeness (QED) is 0.821. The number of carbonyl (C=O) groups excluding carboxylic acids is 1. The summed E-state index contributed by atoms with van der Waals surface area (Å²) in [6, 6.07) is 0.451. The summed E-state index contributed by atoms with van der Waals surface area (Å²) in [5.74, 6) is 1.38. The van der Waals surface area contributed by atoms with E-state index in [4.69, 9.17) is 5.73 Å². The number of likely N-dealkylation sites (tertiary alicyclic amines) is 1. The number of carbonyl (C=O) groups is 1. The minimum atomic E-state index is 0.286. The fourth-order valence-electron chi connectivity index (χ4n) is 3.48. The van der Waals surface area contributed by atoms with Gasteiger partial charge in [0.15, 0.2) is 0 Å². The van der Waals surface area contributed by atoms with E-state index in [0.29, 0.717) is 17.9 Å². The van der Waals surface area contributed by atoms with Crippen molar-refractivity contribution < 1.29 is 4.79 Å². The van der Waals surface area contributed by atoms with Gasteiger partial charge in [0.25, 0.3) is 0 Å². The van der Waals surface area contributed by atoms with Crippen LogP contribution >= 0.6 is 0 Å². The molecule has 2 N–H and O–H groups in total. The van der Waals surface area contributed by atoms with Crippen LogP contribution in [0.1, 0.15) is 58.3 Å². The number of rotatable bonds is 2. The number of hydrogen-bond acceptors (Lipinski definition) is 2.